The molecule has 0 fully saturated rings. The summed E-state index contributed by atoms with van der Waals surface area (Å²) in [7, 11) is 0. The molecule has 0 unspecified atom stereocenters. The largest absolute Gasteiger partial charge is 0.482 e. The van der Waals surface area contributed by atoms with Crippen LogP contribution >= 0.6 is 0 Å². The van der Waals surface area contributed by atoms with Gasteiger partial charge in [0.2, 0.25) is 0 Å². The molecule has 1 aromatic carbocycles. The highest BCUT2D eigenvalue weighted by Gasteiger charge is 2.02. The lowest BCUT2D eigenvalue weighted by Gasteiger charge is -2.06. The number of benzene rings is 1. The van der Waals surface area contributed by atoms with Gasteiger partial charge in [-0.25, -0.2) is 4.79 Å². The van der Waals surface area contributed by atoms with E-state index >= 15 is 0 Å². The molecule has 0 aliphatic carbocycles. The molecule has 1 aromatic rings. The van der Waals surface area contributed by atoms with Crippen LogP contribution in [0.4, 0.5) is 0 Å². The quantitative estimate of drug-likeness (QED) is 0.730. The first-order valence-electron chi connectivity index (χ1n) is 5.83. The molecule has 0 heterocycles. The van der Waals surface area contributed by atoms with Crippen LogP contribution in [-0.4, -0.2) is 25.7 Å². The summed E-state index contributed by atoms with van der Waals surface area (Å²) in [5.41, 5.74) is 6.66. The molecule has 0 spiro atoms. The Balaban J connectivity index is 2.37. The van der Waals surface area contributed by atoms with Crippen molar-refractivity contribution in [1.29, 1.82) is 0 Å². The number of rotatable bonds is 7. The van der Waals surface area contributed by atoms with E-state index in [0.717, 1.165) is 12.8 Å². The third-order valence-corrected chi connectivity index (χ3v) is 2.25. The van der Waals surface area contributed by atoms with Crippen molar-refractivity contribution >= 4 is 5.97 Å². The van der Waals surface area contributed by atoms with Crippen molar-refractivity contribution in [3.8, 4) is 5.75 Å². The highest BCUT2D eigenvalue weighted by molar-refractivity contribution is 5.71. The Morgan fingerprint density at radius 2 is 2.00 bits per heavy atom. The predicted octanol–water partition coefficient (Wildman–Crippen LogP) is 1.52. The molecule has 2 N–H and O–H groups in total. The van der Waals surface area contributed by atoms with Crippen LogP contribution in [0.1, 0.15) is 18.9 Å². The maximum Gasteiger partial charge on any atom is 0.344 e. The minimum absolute atomic E-state index is 0.0456. The molecule has 0 aromatic heterocycles. The van der Waals surface area contributed by atoms with Crippen LogP contribution in [0.3, 0.4) is 0 Å². The van der Waals surface area contributed by atoms with Crippen molar-refractivity contribution in [2.45, 2.75) is 19.8 Å². The zero-order chi connectivity index (χ0) is 12.5. The van der Waals surface area contributed by atoms with Gasteiger partial charge in [-0.3, -0.25) is 0 Å². The average Bonchev–Trinajstić information content (AvgIpc) is 2.35. The molecule has 0 saturated heterocycles. The Hall–Kier alpha value is -1.55. The first-order valence-corrected chi connectivity index (χ1v) is 5.83. The molecular weight excluding hydrogens is 218 g/mol. The second kappa shape index (κ2) is 7.68. The summed E-state index contributed by atoms with van der Waals surface area (Å²) in [6.07, 6.45) is 1.94. The first kappa shape index (κ1) is 13.5. The SMILES string of the molecule is CCOC(=O)COc1ccc(CCCN)cc1. The van der Waals surface area contributed by atoms with Crippen LogP contribution in [-0.2, 0) is 16.0 Å². The average molecular weight is 237 g/mol. The number of nitrogens with two attached hydrogens (primary N) is 1. The molecule has 0 aliphatic heterocycles. The van der Waals surface area contributed by atoms with Crippen LogP contribution in [0.2, 0.25) is 0 Å². The van der Waals surface area contributed by atoms with Gasteiger partial charge in [0.1, 0.15) is 5.75 Å². The van der Waals surface area contributed by atoms with E-state index in [4.69, 9.17) is 15.2 Å². The van der Waals surface area contributed by atoms with Gasteiger partial charge < -0.3 is 15.2 Å². The Kier molecular flexibility index (Phi) is 6.10. The number of aryl methyl sites for hydroxylation is 1. The van der Waals surface area contributed by atoms with Crippen LogP contribution < -0.4 is 10.5 Å². The molecule has 4 heteroatoms. The third kappa shape index (κ3) is 5.36. The van der Waals surface area contributed by atoms with Gasteiger partial charge in [-0.05, 0) is 44.0 Å². The summed E-state index contributed by atoms with van der Waals surface area (Å²) < 4.78 is 10.0. The molecule has 0 amide bonds. The van der Waals surface area contributed by atoms with Gasteiger partial charge in [0.15, 0.2) is 6.61 Å². The number of ether oxygens (including phenoxy) is 2. The van der Waals surface area contributed by atoms with Crippen molar-refractivity contribution in [2.24, 2.45) is 5.73 Å². The summed E-state index contributed by atoms with van der Waals surface area (Å²) in [4.78, 5) is 11.1. The fourth-order valence-electron chi connectivity index (χ4n) is 1.40. The molecule has 1 rings (SSSR count). The van der Waals surface area contributed by atoms with Gasteiger partial charge in [0.05, 0.1) is 6.61 Å². The van der Waals surface area contributed by atoms with Crippen molar-refractivity contribution in [3.05, 3.63) is 29.8 Å². The number of carbonyl (C=O) groups excluding carboxylic acids is 1. The van der Waals surface area contributed by atoms with Crippen LogP contribution in [0.25, 0.3) is 0 Å². The van der Waals surface area contributed by atoms with E-state index in [2.05, 4.69) is 0 Å². The van der Waals surface area contributed by atoms with E-state index in [9.17, 15) is 4.79 Å². The highest BCUT2D eigenvalue weighted by atomic mass is 16.6. The fourth-order valence-corrected chi connectivity index (χ4v) is 1.40. The Labute approximate surface area is 102 Å². The third-order valence-electron chi connectivity index (χ3n) is 2.25. The standard InChI is InChI=1S/C13H19NO3/c1-2-16-13(15)10-17-12-7-5-11(6-8-12)4-3-9-14/h5-8H,2-4,9-10,14H2,1H3. The number of hydrogen-bond acceptors (Lipinski definition) is 4. The van der Waals surface area contributed by atoms with E-state index in [-0.39, 0.29) is 12.6 Å². The minimum Gasteiger partial charge on any atom is -0.482 e. The van der Waals surface area contributed by atoms with Crippen LogP contribution in [0, 0.1) is 0 Å². The summed E-state index contributed by atoms with van der Waals surface area (Å²) in [5, 5.41) is 0. The van der Waals surface area contributed by atoms with E-state index < -0.39 is 0 Å². The van der Waals surface area contributed by atoms with Crippen LogP contribution in [0.5, 0.6) is 5.75 Å². The summed E-state index contributed by atoms with van der Waals surface area (Å²) in [5.74, 6) is 0.328. The number of hydrogen-bond donors (Lipinski definition) is 1. The molecule has 0 saturated carbocycles. The fraction of sp³-hybridized carbons (Fsp3) is 0.462. The van der Waals surface area contributed by atoms with E-state index in [0.29, 0.717) is 18.9 Å². The molecule has 94 valence electrons. The van der Waals surface area contributed by atoms with Gasteiger partial charge in [-0.2, -0.15) is 0 Å². The van der Waals surface area contributed by atoms with Gasteiger partial charge in [-0.15, -0.1) is 0 Å². The Morgan fingerprint density at radius 3 is 2.59 bits per heavy atom. The Bertz CT molecular complexity index is 335. The normalized spacial score (nSPS) is 10.0. The van der Waals surface area contributed by atoms with Crippen molar-refractivity contribution in [2.75, 3.05) is 19.8 Å². The van der Waals surface area contributed by atoms with Gasteiger partial charge in [0, 0.05) is 0 Å². The van der Waals surface area contributed by atoms with Gasteiger partial charge in [0.25, 0.3) is 0 Å². The molecule has 17 heavy (non-hydrogen) atoms. The maximum absolute atomic E-state index is 11.1. The minimum atomic E-state index is -0.347. The van der Waals surface area contributed by atoms with Gasteiger partial charge in [-0.1, -0.05) is 12.1 Å². The zero-order valence-corrected chi connectivity index (χ0v) is 10.1. The van der Waals surface area contributed by atoms with E-state index in [1.54, 1.807) is 6.92 Å². The predicted molar refractivity (Wildman–Crippen MR) is 65.9 cm³/mol. The molecule has 0 radical (unpaired) electrons. The number of carbonyl (C=O) groups is 1. The topological polar surface area (TPSA) is 61.5 Å². The van der Waals surface area contributed by atoms with Crippen LogP contribution in [0.15, 0.2) is 24.3 Å². The molecule has 0 bridgehead atoms. The second-order valence-corrected chi connectivity index (χ2v) is 3.63. The first-order chi connectivity index (χ1) is 8.26. The monoisotopic (exact) mass is 237 g/mol. The lowest BCUT2D eigenvalue weighted by atomic mass is 10.1. The molecule has 0 aliphatic rings. The summed E-state index contributed by atoms with van der Waals surface area (Å²) in [6, 6.07) is 7.67. The second-order valence-electron chi connectivity index (χ2n) is 3.63. The molecular formula is C13H19NO3. The van der Waals surface area contributed by atoms with E-state index in [1.807, 2.05) is 24.3 Å². The lowest BCUT2D eigenvalue weighted by Crippen LogP contribution is -2.14. The van der Waals surface area contributed by atoms with Gasteiger partial charge >= 0.3 is 5.97 Å². The molecule has 0 atom stereocenters. The lowest BCUT2D eigenvalue weighted by molar-refractivity contribution is -0.145. The highest BCUT2D eigenvalue weighted by Crippen LogP contribution is 2.13. The summed E-state index contributed by atoms with van der Waals surface area (Å²) >= 11 is 0. The number of esters is 1. The van der Waals surface area contributed by atoms with E-state index in [1.165, 1.54) is 5.56 Å². The van der Waals surface area contributed by atoms with Crippen molar-refractivity contribution < 1.29 is 14.3 Å². The van der Waals surface area contributed by atoms with Crippen molar-refractivity contribution in [1.82, 2.24) is 0 Å². The zero-order valence-electron chi connectivity index (χ0n) is 10.1. The summed E-state index contributed by atoms with van der Waals surface area (Å²) in [6.45, 7) is 2.79. The van der Waals surface area contributed by atoms with Crippen molar-refractivity contribution in [3.63, 3.8) is 0 Å². The molecule has 4 nitrogen and oxygen atoms in total. The maximum atomic E-state index is 11.1. The Morgan fingerprint density at radius 1 is 1.29 bits per heavy atom. The smallest absolute Gasteiger partial charge is 0.344 e.